The van der Waals surface area contributed by atoms with Gasteiger partial charge in [0, 0.05) is 13.1 Å². The molecule has 3 atom stereocenters. The van der Waals surface area contributed by atoms with Crippen LogP contribution in [0.1, 0.15) is 25.7 Å². The van der Waals surface area contributed by atoms with Crippen LogP contribution in [0, 0.1) is 11.8 Å². The van der Waals surface area contributed by atoms with Gasteiger partial charge in [-0.3, -0.25) is 4.79 Å². The fourth-order valence-electron chi connectivity index (χ4n) is 3.77. The van der Waals surface area contributed by atoms with Gasteiger partial charge in [0.05, 0.1) is 22.3 Å². The Labute approximate surface area is 157 Å². The molecular formula is C17H21Cl2N3OS. The van der Waals surface area contributed by atoms with Crippen LogP contribution in [0.3, 0.4) is 0 Å². The summed E-state index contributed by atoms with van der Waals surface area (Å²) in [5, 5.41) is 7.63. The summed E-state index contributed by atoms with van der Waals surface area (Å²) in [6.07, 6.45) is 5.15. The first-order valence-corrected chi connectivity index (χ1v) is 9.36. The molecule has 2 N–H and O–H groups in total. The minimum atomic E-state index is -0.204. The minimum absolute atomic E-state index is 0.147. The smallest absolute Gasteiger partial charge is 0.244 e. The maximum atomic E-state index is 12.2. The first kappa shape index (κ1) is 17.8. The highest BCUT2D eigenvalue weighted by Crippen LogP contribution is 2.44. The quantitative estimate of drug-likeness (QED) is 0.770. The van der Waals surface area contributed by atoms with Crippen LogP contribution in [0.25, 0.3) is 0 Å². The number of fused-ring (bicyclic) bond motifs is 2. The van der Waals surface area contributed by atoms with Crippen molar-refractivity contribution in [2.45, 2.75) is 31.7 Å². The third-order valence-corrected chi connectivity index (χ3v) is 6.06. The lowest BCUT2D eigenvalue weighted by atomic mass is 9.95. The standard InChI is InChI=1S/C17H21Cl2N3OS/c1-22(17(24)20-14-8-10-5-6-11(14)7-10)9-15(23)21-16-12(18)3-2-4-13(16)19/h2-4,10-11,14H,5-9H2,1H3,(H,20,24)(H,21,23)/t10-,11-,14+/m1/s1. The number of rotatable bonds is 4. The fraction of sp³-hybridized carbons (Fsp3) is 0.529. The predicted molar refractivity (Wildman–Crippen MR) is 103 cm³/mol. The molecule has 7 heteroatoms. The van der Waals surface area contributed by atoms with E-state index < -0.39 is 0 Å². The Balaban J connectivity index is 1.51. The number of thiocarbonyl (C=S) groups is 1. The van der Waals surface area contributed by atoms with Crippen molar-refractivity contribution in [1.29, 1.82) is 0 Å². The van der Waals surface area contributed by atoms with Gasteiger partial charge in [-0.15, -0.1) is 0 Å². The lowest BCUT2D eigenvalue weighted by Gasteiger charge is -2.28. The number of benzene rings is 1. The lowest BCUT2D eigenvalue weighted by molar-refractivity contribution is -0.116. The molecule has 24 heavy (non-hydrogen) atoms. The van der Waals surface area contributed by atoms with E-state index in [0.717, 1.165) is 11.8 Å². The van der Waals surface area contributed by atoms with Crippen LogP contribution in [0.4, 0.5) is 5.69 Å². The maximum Gasteiger partial charge on any atom is 0.244 e. The van der Waals surface area contributed by atoms with Crippen molar-refractivity contribution in [3.8, 4) is 0 Å². The normalized spacial score (nSPS) is 24.7. The highest BCUT2D eigenvalue weighted by atomic mass is 35.5. The highest BCUT2D eigenvalue weighted by molar-refractivity contribution is 7.80. The predicted octanol–water partition coefficient (Wildman–Crippen LogP) is 3.93. The molecule has 3 rings (SSSR count). The molecular weight excluding hydrogens is 365 g/mol. The van der Waals surface area contributed by atoms with Crippen LogP contribution in [0.15, 0.2) is 18.2 Å². The summed E-state index contributed by atoms with van der Waals surface area (Å²) in [5.74, 6) is 1.38. The zero-order chi connectivity index (χ0) is 17.3. The largest absolute Gasteiger partial charge is 0.360 e. The Kier molecular flexibility index (Phi) is 5.52. The number of nitrogens with one attached hydrogen (secondary N) is 2. The number of amides is 1. The molecule has 0 saturated heterocycles. The summed E-state index contributed by atoms with van der Waals surface area (Å²) in [6.45, 7) is 0.147. The Morgan fingerprint density at radius 1 is 1.29 bits per heavy atom. The molecule has 2 aliphatic rings. The van der Waals surface area contributed by atoms with Crippen molar-refractivity contribution in [3.05, 3.63) is 28.2 Å². The number of nitrogens with zero attached hydrogens (tertiary/aromatic N) is 1. The number of carbonyl (C=O) groups is 1. The van der Waals surface area contributed by atoms with E-state index in [4.69, 9.17) is 35.4 Å². The average molecular weight is 386 g/mol. The molecule has 1 aromatic rings. The zero-order valence-corrected chi connectivity index (χ0v) is 15.8. The molecule has 0 unspecified atom stereocenters. The number of para-hydroxylation sites is 1. The van der Waals surface area contributed by atoms with Crippen LogP contribution < -0.4 is 10.6 Å². The van der Waals surface area contributed by atoms with E-state index in [2.05, 4.69) is 10.6 Å². The van der Waals surface area contributed by atoms with Gasteiger partial charge in [-0.2, -0.15) is 0 Å². The summed E-state index contributed by atoms with van der Waals surface area (Å²) in [6, 6.07) is 5.57. The molecule has 1 aromatic carbocycles. The molecule has 0 aromatic heterocycles. The number of halogens is 2. The number of likely N-dealkylation sites (N-methyl/N-ethyl adjacent to an activating group) is 1. The van der Waals surface area contributed by atoms with Crippen molar-refractivity contribution in [3.63, 3.8) is 0 Å². The summed E-state index contributed by atoms with van der Waals surface area (Å²) >= 11 is 17.6. The van der Waals surface area contributed by atoms with Crippen molar-refractivity contribution in [2.24, 2.45) is 11.8 Å². The second-order valence-electron chi connectivity index (χ2n) is 6.73. The second kappa shape index (κ2) is 7.46. The SMILES string of the molecule is CN(CC(=O)Nc1c(Cl)cccc1Cl)C(=S)N[C@H]1C[C@@H]2CC[C@@H]1C2. The van der Waals surface area contributed by atoms with E-state index in [0.29, 0.717) is 26.9 Å². The molecule has 2 aliphatic carbocycles. The molecule has 2 fully saturated rings. The van der Waals surface area contributed by atoms with Gasteiger partial charge >= 0.3 is 0 Å². The lowest BCUT2D eigenvalue weighted by Crippen LogP contribution is -2.47. The fourth-order valence-corrected chi connectivity index (χ4v) is 4.48. The van der Waals surface area contributed by atoms with E-state index >= 15 is 0 Å². The van der Waals surface area contributed by atoms with Crippen molar-refractivity contribution in [2.75, 3.05) is 18.9 Å². The van der Waals surface area contributed by atoms with E-state index in [9.17, 15) is 4.79 Å². The van der Waals surface area contributed by atoms with Crippen molar-refractivity contribution < 1.29 is 4.79 Å². The van der Waals surface area contributed by atoms with Crippen LogP contribution in [-0.4, -0.2) is 35.6 Å². The third kappa shape index (κ3) is 3.95. The van der Waals surface area contributed by atoms with Crippen molar-refractivity contribution >= 4 is 52.1 Å². The molecule has 4 nitrogen and oxygen atoms in total. The van der Waals surface area contributed by atoms with Gasteiger partial charge in [0.25, 0.3) is 0 Å². The molecule has 0 spiro atoms. The molecule has 2 saturated carbocycles. The monoisotopic (exact) mass is 385 g/mol. The Hall–Kier alpha value is -1.04. The molecule has 130 valence electrons. The van der Waals surface area contributed by atoms with Crippen LogP contribution in [0.2, 0.25) is 10.0 Å². The van der Waals surface area contributed by atoms with E-state index in [1.807, 2.05) is 7.05 Å². The van der Waals surface area contributed by atoms with E-state index in [-0.39, 0.29) is 12.5 Å². The minimum Gasteiger partial charge on any atom is -0.360 e. The van der Waals surface area contributed by atoms with E-state index in [1.165, 1.54) is 25.7 Å². The zero-order valence-electron chi connectivity index (χ0n) is 13.5. The summed E-state index contributed by atoms with van der Waals surface area (Å²) in [7, 11) is 1.82. The number of hydrogen-bond acceptors (Lipinski definition) is 2. The topological polar surface area (TPSA) is 44.4 Å². The highest BCUT2D eigenvalue weighted by Gasteiger charge is 2.39. The van der Waals surface area contributed by atoms with Crippen LogP contribution >= 0.6 is 35.4 Å². The van der Waals surface area contributed by atoms with Gasteiger partial charge in [-0.1, -0.05) is 35.7 Å². The van der Waals surface area contributed by atoms with Gasteiger partial charge in [0.15, 0.2) is 5.11 Å². The summed E-state index contributed by atoms with van der Waals surface area (Å²) in [5.41, 5.74) is 0.436. The van der Waals surface area contributed by atoms with Gasteiger partial charge in [-0.25, -0.2) is 0 Å². The van der Waals surface area contributed by atoms with Crippen molar-refractivity contribution in [1.82, 2.24) is 10.2 Å². The van der Waals surface area contributed by atoms with Gasteiger partial charge in [-0.05, 0) is 55.4 Å². The Bertz CT molecular complexity index is 634. The molecule has 1 amide bonds. The average Bonchev–Trinajstić information content (AvgIpc) is 3.13. The molecule has 0 aliphatic heterocycles. The maximum absolute atomic E-state index is 12.2. The third-order valence-electron chi connectivity index (χ3n) is 5.00. The summed E-state index contributed by atoms with van der Waals surface area (Å²) < 4.78 is 0. The number of hydrogen-bond donors (Lipinski definition) is 2. The molecule has 0 radical (unpaired) electrons. The Morgan fingerprint density at radius 2 is 2.00 bits per heavy atom. The van der Waals surface area contributed by atoms with Crippen LogP contribution in [-0.2, 0) is 4.79 Å². The van der Waals surface area contributed by atoms with Gasteiger partial charge in [0.2, 0.25) is 5.91 Å². The van der Waals surface area contributed by atoms with Gasteiger partial charge in [0.1, 0.15) is 0 Å². The number of anilines is 1. The van der Waals surface area contributed by atoms with Crippen LogP contribution in [0.5, 0.6) is 0 Å². The second-order valence-corrected chi connectivity index (χ2v) is 7.93. The molecule has 0 heterocycles. The van der Waals surface area contributed by atoms with E-state index in [1.54, 1.807) is 23.1 Å². The van der Waals surface area contributed by atoms with Gasteiger partial charge < -0.3 is 15.5 Å². The number of carbonyl (C=O) groups excluding carboxylic acids is 1. The first-order chi connectivity index (χ1) is 11.4. The first-order valence-electron chi connectivity index (χ1n) is 8.19. The summed E-state index contributed by atoms with van der Waals surface area (Å²) in [4.78, 5) is 14.0. The molecule has 2 bridgehead atoms. The Morgan fingerprint density at radius 3 is 2.58 bits per heavy atom.